The van der Waals surface area contributed by atoms with Crippen LogP contribution in [-0.4, -0.2) is 35.5 Å². The number of allylic oxidation sites excluding steroid dienone is 1. The van der Waals surface area contributed by atoms with E-state index in [4.69, 9.17) is 5.73 Å². The average Bonchev–Trinajstić information content (AvgIpc) is 3.38. The summed E-state index contributed by atoms with van der Waals surface area (Å²) < 4.78 is 2.36. The molecule has 0 atom stereocenters. The van der Waals surface area contributed by atoms with E-state index in [1.165, 1.54) is 102 Å². The van der Waals surface area contributed by atoms with Crippen molar-refractivity contribution in [2.24, 2.45) is 5.73 Å². The number of benzene rings is 4. The molecule has 2 N–H and O–H groups in total. The molecule has 224 valence electrons. The van der Waals surface area contributed by atoms with Gasteiger partial charge in [0.25, 0.3) is 0 Å². The van der Waals surface area contributed by atoms with Crippen molar-refractivity contribution in [1.29, 1.82) is 0 Å². The number of hydrogen-bond acceptors (Lipinski definition) is 2. The summed E-state index contributed by atoms with van der Waals surface area (Å²) in [6.45, 7) is 0. The van der Waals surface area contributed by atoms with E-state index in [0.29, 0.717) is 0 Å². The first-order chi connectivity index (χ1) is 21.5. The quantitative estimate of drug-likeness (QED) is 0.231. The molecule has 0 aromatic heterocycles. The zero-order valence-corrected chi connectivity index (χ0v) is 26.4. The summed E-state index contributed by atoms with van der Waals surface area (Å²) in [5.41, 5.74) is 18.6. The number of likely N-dealkylation sites (N-methyl/N-ethyl adjacent to an activating group) is 1. The molecule has 0 bridgehead atoms. The van der Waals surface area contributed by atoms with E-state index in [1.807, 2.05) is 0 Å². The second kappa shape index (κ2) is 11.9. The first-order valence-corrected chi connectivity index (χ1v) is 16.7. The lowest BCUT2D eigenvalue weighted by Gasteiger charge is -2.58. The van der Waals surface area contributed by atoms with E-state index in [0.717, 1.165) is 12.8 Å². The van der Waals surface area contributed by atoms with E-state index in [2.05, 4.69) is 133 Å². The Bertz CT molecular complexity index is 1670. The van der Waals surface area contributed by atoms with Crippen LogP contribution < -0.4 is 10.6 Å². The Morgan fingerprint density at radius 3 is 1.84 bits per heavy atom. The molecule has 4 aromatic carbocycles. The largest absolute Gasteiger partial charge is 0.367 e. The summed E-state index contributed by atoms with van der Waals surface area (Å²) in [4.78, 5) is 2.59. The molecule has 3 heteroatoms. The van der Waals surface area contributed by atoms with E-state index >= 15 is 0 Å². The minimum atomic E-state index is -0.117. The lowest BCUT2D eigenvalue weighted by molar-refractivity contribution is -0.400. The highest BCUT2D eigenvalue weighted by Gasteiger charge is 2.52. The number of anilines is 1. The van der Waals surface area contributed by atoms with Gasteiger partial charge in [0.15, 0.2) is 0 Å². The van der Waals surface area contributed by atoms with Gasteiger partial charge in [-0.05, 0) is 67.1 Å². The molecule has 4 aromatic rings. The number of nitrogens with two attached hydrogens (primary N) is 1. The van der Waals surface area contributed by atoms with E-state index in [9.17, 15) is 0 Å². The molecular formula is C41H46N3+. The van der Waals surface area contributed by atoms with Crippen molar-refractivity contribution in [3.63, 3.8) is 0 Å². The van der Waals surface area contributed by atoms with Gasteiger partial charge in [-0.3, -0.25) is 0 Å². The van der Waals surface area contributed by atoms with Crippen LogP contribution in [0.1, 0.15) is 86.5 Å². The van der Waals surface area contributed by atoms with Crippen molar-refractivity contribution in [3.05, 3.63) is 131 Å². The fourth-order valence-electron chi connectivity index (χ4n) is 8.69. The third kappa shape index (κ3) is 4.82. The van der Waals surface area contributed by atoms with Crippen LogP contribution in [0.4, 0.5) is 11.4 Å². The number of para-hydroxylation sites is 1. The maximum Gasteiger partial charge on any atom is 0.221 e. The normalized spacial score (nSPS) is 20.2. The molecule has 2 aliphatic carbocycles. The van der Waals surface area contributed by atoms with Gasteiger partial charge < -0.3 is 10.6 Å². The molecule has 1 aliphatic heterocycles. The number of rotatable bonds is 6. The summed E-state index contributed by atoms with van der Waals surface area (Å²) >= 11 is 0. The zero-order chi connectivity index (χ0) is 30.1. The topological polar surface area (TPSA) is 32.3 Å². The molecule has 0 amide bonds. The smallest absolute Gasteiger partial charge is 0.221 e. The Morgan fingerprint density at radius 1 is 0.636 bits per heavy atom. The molecule has 7 rings (SSSR count). The summed E-state index contributed by atoms with van der Waals surface area (Å²) in [5.74, 6) is 0. The van der Waals surface area contributed by atoms with Gasteiger partial charge in [-0.2, -0.15) is 4.58 Å². The molecule has 3 aliphatic rings. The Morgan fingerprint density at radius 2 is 1.18 bits per heavy atom. The van der Waals surface area contributed by atoms with Crippen LogP contribution in [0.5, 0.6) is 0 Å². The third-order valence-electron chi connectivity index (χ3n) is 11.0. The van der Waals surface area contributed by atoms with E-state index in [-0.39, 0.29) is 11.1 Å². The second-order valence-corrected chi connectivity index (χ2v) is 13.3. The monoisotopic (exact) mass is 580 g/mol. The maximum absolute atomic E-state index is 7.42. The van der Waals surface area contributed by atoms with Crippen molar-refractivity contribution in [2.75, 3.05) is 19.0 Å². The summed E-state index contributed by atoms with van der Waals surface area (Å²) in [6.07, 6.45) is 12.4. The van der Waals surface area contributed by atoms with Crippen LogP contribution >= 0.6 is 0 Å². The second-order valence-electron chi connectivity index (χ2n) is 13.3. The molecule has 2 fully saturated rings. The Labute approximate surface area is 263 Å². The predicted molar refractivity (Wildman–Crippen MR) is 186 cm³/mol. The molecule has 1 heterocycles. The molecule has 0 spiro atoms. The Kier molecular flexibility index (Phi) is 7.76. The van der Waals surface area contributed by atoms with Crippen LogP contribution in [0.25, 0.3) is 11.1 Å². The summed E-state index contributed by atoms with van der Waals surface area (Å²) in [7, 11) is 4.52. The fraction of sp³-hybridized carbons (Fsp3) is 0.341. The van der Waals surface area contributed by atoms with Crippen molar-refractivity contribution < 1.29 is 4.58 Å². The zero-order valence-electron chi connectivity index (χ0n) is 26.4. The highest BCUT2D eigenvalue weighted by Crippen LogP contribution is 2.48. The summed E-state index contributed by atoms with van der Waals surface area (Å²) in [5, 5.41) is 0. The van der Waals surface area contributed by atoms with Crippen LogP contribution in [-0.2, 0) is 0 Å². The summed E-state index contributed by atoms with van der Waals surface area (Å²) in [6, 6.07) is 40.0. The highest BCUT2D eigenvalue weighted by molar-refractivity contribution is 6.38. The fourth-order valence-corrected chi connectivity index (χ4v) is 8.69. The molecular weight excluding hydrogens is 534 g/mol. The SMILES string of the molecule is CN(c1ccc(C(=C2C(c3ccccc3)=[N+](C)c3ccccc32)c2ccccc2)cc1)C1(C2(N)CCCCC2)CCCCC1. The van der Waals surface area contributed by atoms with Gasteiger partial charge in [0.05, 0.1) is 16.7 Å². The first-order valence-electron chi connectivity index (χ1n) is 16.7. The number of fused-ring (bicyclic) bond motifs is 1. The van der Waals surface area contributed by atoms with Gasteiger partial charge in [0, 0.05) is 35.5 Å². The molecule has 44 heavy (non-hydrogen) atoms. The Balaban J connectivity index is 1.37. The molecule has 3 nitrogen and oxygen atoms in total. The van der Waals surface area contributed by atoms with Crippen LogP contribution in [0.3, 0.4) is 0 Å². The highest BCUT2D eigenvalue weighted by atomic mass is 15.2. The van der Waals surface area contributed by atoms with E-state index in [1.54, 1.807) is 0 Å². The Hall–Kier alpha value is -3.95. The molecule has 0 unspecified atom stereocenters. The minimum absolute atomic E-state index is 0.0231. The molecule has 2 saturated carbocycles. The van der Waals surface area contributed by atoms with Gasteiger partial charge >= 0.3 is 0 Å². The lowest BCUT2D eigenvalue weighted by Crippen LogP contribution is -2.69. The van der Waals surface area contributed by atoms with E-state index < -0.39 is 0 Å². The van der Waals surface area contributed by atoms with Crippen LogP contribution in [0, 0.1) is 0 Å². The van der Waals surface area contributed by atoms with Gasteiger partial charge in [-0.25, -0.2) is 0 Å². The minimum Gasteiger partial charge on any atom is -0.367 e. The number of nitrogens with zero attached hydrogens (tertiary/aromatic N) is 2. The average molecular weight is 581 g/mol. The van der Waals surface area contributed by atoms with Gasteiger partial charge in [-0.1, -0.05) is 111 Å². The molecule has 0 radical (unpaired) electrons. The van der Waals surface area contributed by atoms with Crippen molar-refractivity contribution in [3.8, 4) is 0 Å². The lowest BCUT2D eigenvalue weighted by atomic mass is 9.61. The standard InChI is InChI=1S/C41H46N3/c1-43-36-22-12-11-21-35(36)38(39(43)33-19-9-4-10-20-33)37(31-17-7-3-8-18-31)32-23-25-34(26-24-32)44(2)41(29-15-6-16-30-41)40(42)27-13-5-14-28-40/h3-4,7-12,17-26H,5-6,13-16,27-30,42H2,1-2H3/q+1. The van der Waals surface area contributed by atoms with Crippen LogP contribution in [0.2, 0.25) is 0 Å². The van der Waals surface area contributed by atoms with Crippen molar-refractivity contribution >= 4 is 28.2 Å². The molecule has 0 saturated heterocycles. The predicted octanol–water partition coefficient (Wildman–Crippen LogP) is 9.22. The van der Waals surface area contributed by atoms with Gasteiger partial charge in [-0.15, -0.1) is 0 Å². The first kappa shape index (κ1) is 28.8. The van der Waals surface area contributed by atoms with Gasteiger partial charge in [0.1, 0.15) is 7.05 Å². The van der Waals surface area contributed by atoms with Gasteiger partial charge in [0.2, 0.25) is 11.4 Å². The third-order valence-corrected chi connectivity index (χ3v) is 11.0. The van der Waals surface area contributed by atoms with Crippen LogP contribution in [0.15, 0.2) is 109 Å². The van der Waals surface area contributed by atoms with Crippen molar-refractivity contribution in [1.82, 2.24) is 0 Å². The van der Waals surface area contributed by atoms with Crippen molar-refractivity contribution in [2.45, 2.75) is 75.3 Å². The number of hydrogen-bond donors (Lipinski definition) is 1. The maximum atomic E-state index is 7.42.